The summed E-state index contributed by atoms with van der Waals surface area (Å²) in [6.45, 7) is 6.28. The molecule has 0 bridgehead atoms. The summed E-state index contributed by atoms with van der Waals surface area (Å²) in [4.78, 5) is 9.65. The maximum absolute atomic E-state index is 9.78. The third kappa shape index (κ3) is 9.55. The number of carboxylic acids is 1. The van der Waals surface area contributed by atoms with Crippen LogP contribution in [-0.4, -0.2) is 40.5 Å². The summed E-state index contributed by atoms with van der Waals surface area (Å²) in [5, 5.41) is 28.9. The highest BCUT2D eigenvalue weighted by Gasteiger charge is 2.07. The normalized spacial score (nSPS) is 11.1. The van der Waals surface area contributed by atoms with Gasteiger partial charge < -0.3 is 26.4 Å². The quantitative estimate of drug-likeness (QED) is 0.270. The van der Waals surface area contributed by atoms with E-state index in [0.717, 1.165) is 30.6 Å². The van der Waals surface area contributed by atoms with Crippen LogP contribution in [0.25, 0.3) is 0 Å². The number of phenolic OH excluding ortho intramolecular Hbond substituents is 1. The average molecular weight is 324 g/mol. The predicted octanol–water partition coefficient (Wildman–Crippen LogP) is 2.11. The summed E-state index contributed by atoms with van der Waals surface area (Å²) in [5.41, 5.74) is 6.68. The second-order valence-corrected chi connectivity index (χ2v) is 5.11. The molecule has 0 radical (unpaired) electrons. The number of aromatic hydroxyl groups is 1. The Bertz CT molecular complexity index is 478. The monoisotopic (exact) mass is 324 g/mol. The van der Waals surface area contributed by atoms with Crippen LogP contribution in [0.15, 0.2) is 30.9 Å². The molecule has 0 aromatic heterocycles. The number of nitrogens with one attached hydrogen (secondary N) is 1. The third-order valence-corrected chi connectivity index (χ3v) is 3.05. The molecule has 0 amide bonds. The van der Waals surface area contributed by atoms with Gasteiger partial charge in [-0.15, -0.1) is 6.58 Å². The maximum atomic E-state index is 9.78. The fraction of sp³-hybridized carbons (Fsp3) is 0.471. The van der Waals surface area contributed by atoms with Crippen molar-refractivity contribution >= 4 is 11.7 Å². The fourth-order valence-electron chi connectivity index (χ4n) is 1.70. The van der Waals surface area contributed by atoms with E-state index in [0.29, 0.717) is 5.75 Å². The van der Waals surface area contributed by atoms with Crippen LogP contribution in [0.1, 0.15) is 31.7 Å². The van der Waals surface area contributed by atoms with Crippen molar-refractivity contribution in [1.29, 1.82) is 0 Å². The molecule has 0 spiro atoms. The van der Waals surface area contributed by atoms with Crippen molar-refractivity contribution in [2.24, 2.45) is 5.73 Å². The number of aliphatic hydroxyl groups excluding tert-OH is 1. The van der Waals surface area contributed by atoms with Gasteiger partial charge in [-0.3, -0.25) is 4.79 Å². The smallest absolute Gasteiger partial charge is 0.322 e. The highest BCUT2D eigenvalue weighted by atomic mass is 16.4. The van der Waals surface area contributed by atoms with E-state index in [1.807, 2.05) is 18.2 Å². The van der Waals surface area contributed by atoms with Gasteiger partial charge in [-0.1, -0.05) is 31.9 Å². The Morgan fingerprint density at radius 1 is 1.43 bits per heavy atom. The van der Waals surface area contributed by atoms with Gasteiger partial charge in [0, 0.05) is 6.54 Å². The highest BCUT2D eigenvalue weighted by Crippen LogP contribution is 2.24. The van der Waals surface area contributed by atoms with Crippen LogP contribution < -0.4 is 11.1 Å². The Morgan fingerprint density at radius 2 is 2.13 bits per heavy atom. The number of allylic oxidation sites excluding steroid dienone is 1. The Hall–Kier alpha value is -2.05. The molecule has 1 atom stereocenters. The molecule has 0 unspecified atom stereocenters. The first kappa shape index (κ1) is 20.9. The molecule has 1 aromatic carbocycles. The van der Waals surface area contributed by atoms with Crippen molar-refractivity contribution in [3.63, 3.8) is 0 Å². The number of phenols is 1. The van der Waals surface area contributed by atoms with Gasteiger partial charge in [-0.05, 0) is 30.5 Å². The largest absolute Gasteiger partial charge is 0.506 e. The van der Waals surface area contributed by atoms with Gasteiger partial charge in [0.15, 0.2) is 0 Å². The number of aliphatic hydroxyl groups is 1. The molecular weight excluding hydrogens is 296 g/mol. The van der Waals surface area contributed by atoms with Gasteiger partial charge in [0.25, 0.3) is 0 Å². The number of nitrogens with two attached hydrogens (primary N) is 1. The topological polar surface area (TPSA) is 116 Å². The zero-order valence-corrected chi connectivity index (χ0v) is 13.7. The molecule has 1 aromatic rings. The molecule has 130 valence electrons. The molecule has 6 heteroatoms. The molecule has 0 saturated heterocycles. The van der Waals surface area contributed by atoms with Crippen molar-refractivity contribution in [3.05, 3.63) is 36.4 Å². The molecule has 1 rings (SSSR count). The van der Waals surface area contributed by atoms with Gasteiger partial charge in [0.05, 0.1) is 12.3 Å². The minimum absolute atomic E-state index is 0.329. The zero-order chi connectivity index (χ0) is 17.7. The molecular formula is C17H28N2O4. The van der Waals surface area contributed by atoms with Gasteiger partial charge in [-0.25, -0.2) is 0 Å². The Kier molecular flexibility index (Phi) is 11.4. The molecule has 0 aliphatic heterocycles. The van der Waals surface area contributed by atoms with Gasteiger partial charge in [0.2, 0.25) is 0 Å². The number of hydrogen-bond donors (Lipinski definition) is 5. The standard InChI is InChI=1S/C14H21NO.C3H7NO3/c1-3-5-6-10-15-13-9-8-12(7-4-2)11-14(13)16;4-2(1-5)3(6)7/h4,8-9,11,15-16H,2-3,5-7,10H2,1H3;2,5H,1,4H2,(H,6,7)/t;2-/m.0/s1. The number of hydrogen-bond acceptors (Lipinski definition) is 5. The van der Waals surface area contributed by atoms with E-state index in [9.17, 15) is 9.90 Å². The van der Waals surface area contributed by atoms with E-state index >= 15 is 0 Å². The van der Waals surface area contributed by atoms with E-state index in [1.165, 1.54) is 12.8 Å². The second-order valence-electron chi connectivity index (χ2n) is 5.11. The van der Waals surface area contributed by atoms with Crippen molar-refractivity contribution in [1.82, 2.24) is 0 Å². The molecule has 0 saturated carbocycles. The molecule has 0 fully saturated rings. The van der Waals surface area contributed by atoms with E-state index < -0.39 is 18.6 Å². The zero-order valence-electron chi connectivity index (χ0n) is 13.7. The number of carboxylic acid groups (broad SMARTS) is 1. The summed E-state index contributed by atoms with van der Waals surface area (Å²) in [6.07, 6.45) is 6.21. The minimum atomic E-state index is -1.18. The maximum Gasteiger partial charge on any atom is 0.322 e. The number of benzene rings is 1. The lowest BCUT2D eigenvalue weighted by molar-refractivity contribution is -0.139. The van der Waals surface area contributed by atoms with E-state index in [2.05, 4.69) is 18.8 Å². The van der Waals surface area contributed by atoms with E-state index in [1.54, 1.807) is 6.07 Å². The molecule has 0 aliphatic rings. The lowest BCUT2D eigenvalue weighted by Crippen LogP contribution is -2.33. The van der Waals surface area contributed by atoms with Crippen LogP contribution in [-0.2, 0) is 11.2 Å². The van der Waals surface area contributed by atoms with Crippen molar-refractivity contribution < 1.29 is 20.1 Å². The van der Waals surface area contributed by atoms with Crippen LogP contribution >= 0.6 is 0 Å². The number of rotatable bonds is 9. The van der Waals surface area contributed by atoms with Gasteiger partial charge in [0.1, 0.15) is 11.8 Å². The molecule has 0 aliphatic carbocycles. The van der Waals surface area contributed by atoms with E-state index in [-0.39, 0.29) is 0 Å². The summed E-state index contributed by atoms with van der Waals surface area (Å²) in [7, 11) is 0. The van der Waals surface area contributed by atoms with Crippen LogP contribution in [0, 0.1) is 0 Å². The average Bonchev–Trinajstić information content (AvgIpc) is 2.53. The minimum Gasteiger partial charge on any atom is -0.506 e. The number of unbranched alkanes of at least 4 members (excludes halogenated alkanes) is 2. The van der Waals surface area contributed by atoms with Crippen molar-refractivity contribution in [2.45, 2.75) is 38.6 Å². The molecule has 6 N–H and O–H groups in total. The Morgan fingerprint density at radius 3 is 2.57 bits per heavy atom. The fourth-order valence-corrected chi connectivity index (χ4v) is 1.70. The van der Waals surface area contributed by atoms with Crippen LogP contribution in [0.4, 0.5) is 5.69 Å². The molecule has 23 heavy (non-hydrogen) atoms. The third-order valence-electron chi connectivity index (χ3n) is 3.05. The van der Waals surface area contributed by atoms with Crippen molar-refractivity contribution in [3.8, 4) is 5.75 Å². The number of carbonyl (C=O) groups is 1. The van der Waals surface area contributed by atoms with Gasteiger partial charge in [-0.2, -0.15) is 0 Å². The van der Waals surface area contributed by atoms with Crippen LogP contribution in [0.3, 0.4) is 0 Å². The molecule has 0 heterocycles. The SMILES string of the molecule is C=CCc1ccc(NCCCCC)c(O)c1.N[C@@H](CO)C(=O)O. The summed E-state index contributed by atoms with van der Waals surface area (Å²) in [6, 6.07) is 4.62. The lowest BCUT2D eigenvalue weighted by Gasteiger charge is -2.09. The van der Waals surface area contributed by atoms with Crippen LogP contribution in [0.2, 0.25) is 0 Å². The predicted molar refractivity (Wildman–Crippen MR) is 92.7 cm³/mol. The summed E-state index contributed by atoms with van der Waals surface area (Å²) < 4.78 is 0. The van der Waals surface area contributed by atoms with Crippen LogP contribution in [0.5, 0.6) is 5.75 Å². The Labute approximate surface area is 137 Å². The highest BCUT2D eigenvalue weighted by molar-refractivity contribution is 5.73. The number of aliphatic carboxylic acids is 1. The summed E-state index contributed by atoms with van der Waals surface area (Å²) in [5.74, 6) is -0.849. The number of anilines is 1. The van der Waals surface area contributed by atoms with Crippen molar-refractivity contribution in [2.75, 3.05) is 18.5 Å². The first-order chi connectivity index (χ1) is 11.0. The second kappa shape index (κ2) is 12.5. The first-order valence-electron chi connectivity index (χ1n) is 7.72. The lowest BCUT2D eigenvalue weighted by atomic mass is 10.1. The molecule has 6 nitrogen and oxygen atoms in total. The first-order valence-corrected chi connectivity index (χ1v) is 7.72. The Balaban J connectivity index is 0.000000585. The summed E-state index contributed by atoms with van der Waals surface area (Å²) >= 11 is 0. The van der Waals surface area contributed by atoms with Gasteiger partial charge >= 0.3 is 5.97 Å². The van der Waals surface area contributed by atoms with E-state index in [4.69, 9.17) is 15.9 Å².